The Balaban J connectivity index is 1.42. The number of benzene rings is 2. The molecule has 140 valence electrons. The number of aromatic nitrogens is 2. The van der Waals surface area contributed by atoms with Crippen LogP contribution in [0.25, 0.3) is 11.4 Å². The van der Waals surface area contributed by atoms with Gasteiger partial charge in [0.05, 0.1) is 12.7 Å². The minimum absolute atomic E-state index is 0.124. The molecule has 2 unspecified atom stereocenters. The molecule has 27 heavy (non-hydrogen) atoms. The van der Waals surface area contributed by atoms with Crippen molar-refractivity contribution >= 4 is 0 Å². The number of hydrogen-bond donors (Lipinski definition) is 0. The Morgan fingerprint density at radius 1 is 1.04 bits per heavy atom. The second-order valence-electron chi connectivity index (χ2n) is 7.03. The summed E-state index contributed by atoms with van der Waals surface area (Å²) in [6, 6.07) is 19.4. The SMILES string of the molecule is Cc1nc(-c2ccc(C3CCN(C(C)c4ccccc4)CCO3)cc2)no1. The summed E-state index contributed by atoms with van der Waals surface area (Å²) in [5, 5.41) is 3.98. The Kier molecular flexibility index (Phi) is 5.32. The lowest BCUT2D eigenvalue weighted by molar-refractivity contribution is 0.0605. The van der Waals surface area contributed by atoms with Gasteiger partial charge in [0.1, 0.15) is 0 Å². The lowest BCUT2D eigenvalue weighted by atomic mass is 10.0. The van der Waals surface area contributed by atoms with Gasteiger partial charge >= 0.3 is 0 Å². The summed E-state index contributed by atoms with van der Waals surface area (Å²) in [4.78, 5) is 6.79. The molecular formula is C22H25N3O2. The van der Waals surface area contributed by atoms with E-state index < -0.39 is 0 Å². The predicted molar refractivity (Wildman–Crippen MR) is 104 cm³/mol. The van der Waals surface area contributed by atoms with E-state index >= 15 is 0 Å². The molecule has 3 aromatic rings. The van der Waals surface area contributed by atoms with E-state index in [1.807, 2.05) is 12.1 Å². The highest BCUT2D eigenvalue weighted by molar-refractivity contribution is 5.54. The van der Waals surface area contributed by atoms with Gasteiger partial charge < -0.3 is 9.26 Å². The number of aryl methyl sites for hydroxylation is 1. The standard InChI is InChI=1S/C22H25N3O2/c1-16(18-6-4-3-5-7-18)25-13-12-21(26-15-14-25)19-8-10-20(11-9-19)22-23-17(2)27-24-22/h3-11,16,21H,12-15H2,1-2H3. The van der Waals surface area contributed by atoms with Gasteiger partial charge in [-0.05, 0) is 24.5 Å². The van der Waals surface area contributed by atoms with Crippen LogP contribution in [0.2, 0.25) is 0 Å². The molecule has 5 heteroatoms. The molecular weight excluding hydrogens is 338 g/mol. The van der Waals surface area contributed by atoms with Crippen molar-refractivity contribution in [3.8, 4) is 11.4 Å². The number of hydrogen-bond acceptors (Lipinski definition) is 5. The third kappa shape index (κ3) is 4.10. The van der Waals surface area contributed by atoms with Crippen LogP contribution in [0.4, 0.5) is 0 Å². The number of rotatable bonds is 4. The smallest absolute Gasteiger partial charge is 0.223 e. The first kappa shape index (κ1) is 17.9. The molecule has 1 aromatic heterocycles. The van der Waals surface area contributed by atoms with Crippen molar-refractivity contribution in [1.82, 2.24) is 15.0 Å². The topological polar surface area (TPSA) is 51.4 Å². The molecule has 0 saturated carbocycles. The molecule has 0 bridgehead atoms. The van der Waals surface area contributed by atoms with E-state index in [2.05, 4.69) is 64.4 Å². The zero-order valence-corrected chi connectivity index (χ0v) is 15.8. The second-order valence-corrected chi connectivity index (χ2v) is 7.03. The van der Waals surface area contributed by atoms with E-state index in [0.29, 0.717) is 17.8 Å². The summed E-state index contributed by atoms with van der Waals surface area (Å²) in [6.07, 6.45) is 1.11. The van der Waals surface area contributed by atoms with Crippen LogP contribution >= 0.6 is 0 Å². The van der Waals surface area contributed by atoms with Gasteiger partial charge in [0.15, 0.2) is 0 Å². The molecule has 2 aromatic carbocycles. The van der Waals surface area contributed by atoms with Crippen LogP contribution in [0.1, 0.15) is 42.5 Å². The molecule has 1 aliphatic heterocycles. The van der Waals surface area contributed by atoms with Gasteiger partial charge in [-0.1, -0.05) is 59.8 Å². The fourth-order valence-corrected chi connectivity index (χ4v) is 3.65. The molecule has 0 radical (unpaired) electrons. The average Bonchev–Trinajstić information content (AvgIpc) is 3.00. The second kappa shape index (κ2) is 8.03. The maximum Gasteiger partial charge on any atom is 0.223 e. The minimum Gasteiger partial charge on any atom is -0.372 e. The van der Waals surface area contributed by atoms with Crippen molar-refractivity contribution in [2.75, 3.05) is 19.7 Å². The number of nitrogens with zero attached hydrogens (tertiary/aromatic N) is 3. The first-order valence-electron chi connectivity index (χ1n) is 9.52. The third-order valence-corrected chi connectivity index (χ3v) is 5.27. The summed E-state index contributed by atoms with van der Waals surface area (Å²) >= 11 is 0. The highest BCUT2D eigenvalue weighted by Gasteiger charge is 2.23. The molecule has 1 aliphatic rings. The summed E-state index contributed by atoms with van der Waals surface area (Å²) < 4.78 is 11.2. The molecule has 4 rings (SSSR count). The zero-order chi connectivity index (χ0) is 18.6. The van der Waals surface area contributed by atoms with Gasteiger partial charge in [-0.2, -0.15) is 4.98 Å². The zero-order valence-electron chi connectivity index (χ0n) is 15.8. The first-order chi connectivity index (χ1) is 13.2. The highest BCUT2D eigenvalue weighted by atomic mass is 16.5. The molecule has 0 N–H and O–H groups in total. The van der Waals surface area contributed by atoms with Crippen LogP contribution in [-0.4, -0.2) is 34.7 Å². The Morgan fingerprint density at radius 3 is 2.52 bits per heavy atom. The van der Waals surface area contributed by atoms with Crippen molar-refractivity contribution < 1.29 is 9.26 Å². The van der Waals surface area contributed by atoms with E-state index in [4.69, 9.17) is 9.26 Å². The largest absolute Gasteiger partial charge is 0.372 e. The van der Waals surface area contributed by atoms with E-state index in [-0.39, 0.29) is 6.10 Å². The van der Waals surface area contributed by atoms with Crippen molar-refractivity contribution in [1.29, 1.82) is 0 Å². The van der Waals surface area contributed by atoms with Crippen molar-refractivity contribution in [2.24, 2.45) is 0 Å². The molecule has 2 heterocycles. The quantitative estimate of drug-likeness (QED) is 0.680. The Labute approximate surface area is 160 Å². The lowest BCUT2D eigenvalue weighted by Gasteiger charge is -2.27. The Morgan fingerprint density at radius 2 is 1.81 bits per heavy atom. The molecule has 0 spiro atoms. The van der Waals surface area contributed by atoms with Crippen LogP contribution in [-0.2, 0) is 4.74 Å². The van der Waals surface area contributed by atoms with Crippen LogP contribution in [0, 0.1) is 6.92 Å². The van der Waals surface area contributed by atoms with Gasteiger partial charge in [0.2, 0.25) is 11.7 Å². The highest BCUT2D eigenvalue weighted by Crippen LogP contribution is 2.29. The van der Waals surface area contributed by atoms with Gasteiger partial charge in [-0.15, -0.1) is 0 Å². The van der Waals surface area contributed by atoms with Gasteiger partial charge in [0.25, 0.3) is 0 Å². The van der Waals surface area contributed by atoms with E-state index in [0.717, 1.165) is 31.7 Å². The fraction of sp³-hybridized carbons (Fsp3) is 0.364. The molecule has 2 atom stereocenters. The minimum atomic E-state index is 0.124. The lowest BCUT2D eigenvalue weighted by Crippen LogP contribution is -2.29. The molecule has 5 nitrogen and oxygen atoms in total. The summed E-state index contributed by atoms with van der Waals surface area (Å²) in [7, 11) is 0. The van der Waals surface area contributed by atoms with E-state index in [9.17, 15) is 0 Å². The normalized spacial score (nSPS) is 19.6. The van der Waals surface area contributed by atoms with Crippen LogP contribution in [0.3, 0.4) is 0 Å². The maximum atomic E-state index is 6.16. The van der Waals surface area contributed by atoms with E-state index in [1.54, 1.807) is 6.92 Å². The molecule has 1 fully saturated rings. The third-order valence-electron chi connectivity index (χ3n) is 5.27. The molecule has 0 aliphatic carbocycles. The van der Waals surface area contributed by atoms with Crippen molar-refractivity contribution in [3.63, 3.8) is 0 Å². The monoisotopic (exact) mass is 363 g/mol. The van der Waals surface area contributed by atoms with Crippen molar-refractivity contribution in [3.05, 3.63) is 71.6 Å². The Hall–Kier alpha value is -2.50. The van der Waals surface area contributed by atoms with Crippen molar-refractivity contribution in [2.45, 2.75) is 32.4 Å². The average molecular weight is 363 g/mol. The first-order valence-corrected chi connectivity index (χ1v) is 9.52. The Bertz CT molecular complexity index is 861. The maximum absolute atomic E-state index is 6.16. The fourth-order valence-electron chi connectivity index (χ4n) is 3.65. The molecule has 0 amide bonds. The van der Waals surface area contributed by atoms with Gasteiger partial charge in [-0.3, -0.25) is 4.90 Å². The summed E-state index contributed by atoms with van der Waals surface area (Å²) in [5.74, 6) is 1.21. The van der Waals surface area contributed by atoms with Gasteiger partial charge in [0, 0.05) is 31.6 Å². The molecule has 1 saturated heterocycles. The summed E-state index contributed by atoms with van der Waals surface area (Å²) in [5.41, 5.74) is 3.52. The summed E-state index contributed by atoms with van der Waals surface area (Å²) in [6.45, 7) is 6.79. The van der Waals surface area contributed by atoms with E-state index in [1.165, 1.54) is 11.1 Å². The number of ether oxygens (including phenoxy) is 1. The van der Waals surface area contributed by atoms with Crippen LogP contribution < -0.4 is 0 Å². The van der Waals surface area contributed by atoms with Gasteiger partial charge in [-0.25, -0.2) is 0 Å². The predicted octanol–water partition coefficient (Wildman–Crippen LogP) is 4.57. The van der Waals surface area contributed by atoms with Crippen LogP contribution in [0.5, 0.6) is 0 Å². The van der Waals surface area contributed by atoms with Crippen LogP contribution in [0.15, 0.2) is 59.1 Å².